The summed E-state index contributed by atoms with van der Waals surface area (Å²) in [7, 11) is 0. The van der Waals surface area contributed by atoms with E-state index in [-0.39, 0.29) is 12.0 Å². The van der Waals surface area contributed by atoms with E-state index in [1.54, 1.807) is 0 Å². The first-order chi connectivity index (χ1) is 9.47. The van der Waals surface area contributed by atoms with Crippen LogP contribution in [0.1, 0.15) is 50.4 Å². The van der Waals surface area contributed by atoms with Crippen LogP contribution in [0.25, 0.3) is 0 Å². The van der Waals surface area contributed by atoms with Gasteiger partial charge in [0.05, 0.1) is 5.92 Å². The number of hydrogen-bond donors (Lipinski definition) is 1. The molecule has 2 bridgehead atoms. The number of aromatic nitrogens is 2. The van der Waals surface area contributed by atoms with Gasteiger partial charge in [0, 0.05) is 23.5 Å². The van der Waals surface area contributed by atoms with Gasteiger partial charge in [-0.1, -0.05) is 13.8 Å². The molecule has 3 atom stereocenters. The lowest BCUT2D eigenvalue weighted by molar-refractivity contribution is -0.142. The SMILES string of the molecule is Cc1cc(C(C)C)nc(N2C3CCC2C(C(=O)O)C3)n1. The summed E-state index contributed by atoms with van der Waals surface area (Å²) in [5.41, 5.74) is 1.99. The van der Waals surface area contributed by atoms with Gasteiger partial charge in [-0.2, -0.15) is 0 Å². The Labute approximate surface area is 119 Å². The Kier molecular flexibility index (Phi) is 3.15. The molecule has 0 saturated carbocycles. The second-order valence-corrected chi connectivity index (χ2v) is 6.28. The van der Waals surface area contributed by atoms with Crippen LogP contribution in [0.3, 0.4) is 0 Å². The predicted molar refractivity (Wildman–Crippen MR) is 75.9 cm³/mol. The monoisotopic (exact) mass is 275 g/mol. The topological polar surface area (TPSA) is 66.3 Å². The van der Waals surface area contributed by atoms with Crippen molar-refractivity contribution in [2.75, 3.05) is 4.90 Å². The fraction of sp³-hybridized carbons (Fsp3) is 0.667. The Morgan fingerprint density at radius 2 is 2.15 bits per heavy atom. The van der Waals surface area contributed by atoms with Crippen LogP contribution in [-0.2, 0) is 4.79 Å². The number of hydrogen-bond acceptors (Lipinski definition) is 4. The molecule has 1 aromatic heterocycles. The first kappa shape index (κ1) is 13.3. The minimum atomic E-state index is -0.682. The molecule has 3 unspecified atom stereocenters. The molecular weight excluding hydrogens is 254 g/mol. The zero-order valence-corrected chi connectivity index (χ0v) is 12.2. The number of aryl methyl sites for hydroxylation is 1. The quantitative estimate of drug-likeness (QED) is 0.917. The van der Waals surface area contributed by atoms with Crippen LogP contribution in [0.4, 0.5) is 5.95 Å². The van der Waals surface area contributed by atoms with Crippen molar-refractivity contribution in [3.05, 3.63) is 17.5 Å². The molecule has 108 valence electrons. The molecule has 0 amide bonds. The van der Waals surface area contributed by atoms with Gasteiger partial charge in [0.1, 0.15) is 0 Å². The summed E-state index contributed by atoms with van der Waals surface area (Å²) in [6, 6.07) is 2.38. The van der Waals surface area contributed by atoms with Crippen molar-refractivity contribution >= 4 is 11.9 Å². The second kappa shape index (κ2) is 4.72. The minimum absolute atomic E-state index is 0.0688. The van der Waals surface area contributed by atoms with E-state index in [9.17, 15) is 9.90 Å². The summed E-state index contributed by atoms with van der Waals surface area (Å²) in [4.78, 5) is 22.7. The van der Waals surface area contributed by atoms with Crippen LogP contribution in [0.15, 0.2) is 6.07 Å². The van der Waals surface area contributed by atoms with E-state index in [2.05, 4.69) is 28.7 Å². The highest BCUT2D eigenvalue weighted by Crippen LogP contribution is 2.43. The van der Waals surface area contributed by atoms with E-state index in [4.69, 9.17) is 0 Å². The van der Waals surface area contributed by atoms with E-state index in [1.165, 1.54) is 0 Å². The summed E-state index contributed by atoms with van der Waals surface area (Å²) < 4.78 is 0. The van der Waals surface area contributed by atoms with Crippen LogP contribution < -0.4 is 4.90 Å². The summed E-state index contributed by atoms with van der Waals surface area (Å²) in [6.45, 7) is 6.21. The van der Waals surface area contributed by atoms with Crippen LogP contribution in [0.2, 0.25) is 0 Å². The lowest BCUT2D eigenvalue weighted by Gasteiger charge is -2.24. The Morgan fingerprint density at radius 3 is 2.75 bits per heavy atom. The van der Waals surface area contributed by atoms with Crippen molar-refractivity contribution in [1.29, 1.82) is 0 Å². The van der Waals surface area contributed by atoms with Gasteiger partial charge < -0.3 is 10.0 Å². The second-order valence-electron chi connectivity index (χ2n) is 6.28. The van der Waals surface area contributed by atoms with Crippen molar-refractivity contribution in [2.45, 2.75) is 58.0 Å². The lowest BCUT2D eigenvalue weighted by atomic mass is 9.89. The number of carbonyl (C=O) groups is 1. The zero-order valence-electron chi connectivity index (χ0n) is 12.2. The molecule has 0 aliphatic carbocycles. The molecule has 0 aromatic carbocycles. The summed E-state index contributed by atoms with van der Waals surface area (Å²) in [5.74, 6) is 0.134. The smallest absolute Gasteiger partial charge is 0.308 e. The van der Waals surface area contributed by atoms with Gasteiger partial charge in [0.25, 0.3) is 0 Å². The van der Waals surface area contributed by atoms with Gasteiger partial charge in [-0.15, -0.1) is 0 Å². The van der Waals surface area contributed by atoms with Crippen molar-refractivity contribution in [2.24, 2.45) is 5.92 Å². The molecule has 2 aliphatic rings. The number of carboxylic acid groups (broad SMARTS) is 1. The van der Waals surface area contributed by atoms with Crippen LogP contribution >= 0.6 is 0 Å². The molecule has 0 radical (unpaired) electrons. The van der Waals surface area contributed by atoms with Crippen molar-refractivity contribution in [1.82, 2.24) is 9.97 Å². The molecule has 2 aliphatic heterocycles. The van der Waals surface area contributed by atoms with Gasteiger partial charge >= 0.3 is 5.97 Å². The molecule has 2 saturated heterocycles. The summed E-state index contributed by atoms with van der Waals surface area (Å²) in [5, 5.41) is 9.33. The van der Waals surface area contributed by atoms with E-state index < -0.39 is 5.97 Å². The van der Waals surface area contributed by atoms with E-state index in [0.29, 0.717) is 12.0 Å². The normalized spacial score (nSPS) is 28.4. The van der Waals surface area contributed by atoms with Crippen LogP contribution in [0, 0.1) is 12.8 Å². The molecule has 0 spiro atoms. The van der Waals surface area contributed by atoms with Crippen molar-refractivity contribution < 1.29 is 9.90 Å². The highest BCUT2D eigenvalue weighted by atomic mass is 16.4. The maximum atomic E-state index is 11.3. The first-order valence-electron chi connectivity index (χ1n) is 7.34. The van der Waals surface area contributed by atoms with Gasteiger partial charge in [0.2, 0.25) is 5.95 Å². The Bertz CT molecular complexity index is 544. The molecule has 3 heterocycles. The number of anilines is 1. The Balaban J connectivity index is 1.96. The molecule has 2 fully saturated rings. The third-order valence-electron chi connectivity index (χ3n) is 4.54. The largest absolute Gasteiger partial charge is 0.481 e. The average molecular weight is 275 g/mol. The van der Waals surface area contributed by atoms with Gasteiger partial charge in [0.15, 0.2) is 0 Å². The van der Waals surface area contributed by atoms with Crippen molar-refractivity contribution in [3.63, 3.8) is 0 Å². The fourth-order valence-corrected chi connectivity index (χ4v) is 3.55. The lowest BCUT2D eigenvalue weighted by Crippen LogP contribution is -2.34. The van der Waals surface area contributed by atoms with Gasteiger partial charge in [-0.05, 0) is 38.2 Å². The summed E-state index contributed by atoms with van der Waals surface area (Å²) in [6.07, 6.45) is 2.73. The van der Waals surface area contributed by atoms with Crippen LogP contribution in [0.5, 0.6) is 0 Å². The molecule has 1 N–H and O–H groups in total. The van der Waals surface area contributed by atoms with Crippen LogP contribution in [-0.4, -0.2) is 33.1 Å². The maximum absolute atomic E-state index is 11.3. The van der Waals surface area contributed by atoms with E-state index in [0.717, 1.165) is 36.6 Å². The Hall–Kier alpha value is -1.65. The number of fused-ring (bicyclic) bond motifs is 2. The van der Waals surface area contributed by atoms with Gasteiger partial charge in [-0.3, -0.25) is 4.79 Å². The molecule has 5 heteroatoms. The number of carboxylic acids is 1. The van der Waals surface area contributed by atoms with Gasteiger partial charge in [-0.25, -0.2) is 9.97 Å². The average Bonchev–Trinajstić information content (AvgIpc) is 2.95. The third kappa shape index (κ3) is 2.05. The molecule has 3 rings (SSSR count). The van der Waals surface area contributed by atoms with Crippen molar-refractivity contribution in [3.8, 4) is 0 Å². The number of nitrogens with zero attached hydrogens (tertiary/aromatic N) is 3. The maximum Gasteiger partial charge on any atom is 0.308 e. The minimum Gasteiger partial charge on any atom is -0.481 e. The number of aliphatic carboxylic acids is 1. The first-order valence-corrected chi connectivity index (χ1v) is 7.34. The predicted octanol–water partition coefficient (Wildman–Crippen LogP) is 2.35. The molecule has 5 nitrogen and oxygen atoms in total. The Morgan fingerprint density at radius 1 is 1.40 bits per heavy atom. The number of rotatable bonds is 3. The third-order valence-corrected chi connectivity index (χ3v) is 4.54. The molecule has 20 heavy (non-hydrogen) atoms. The van der Waals surface area contributed by atoms with E-state index in [1.807, 2.05) is 13.0 Å². The summed E-state index contributed by atoms with van der Waals surface area (Å²) >= 11 is 0. The fourth-order valence-electron chi connectivity index (χ4n) is 3.55. The molecule has 1 aromatic rings. The highest BCUT2D eigenvalue weighted by molar-refractivity contribution is 5.73. The van der Waals surface area contributed by atoms with E-state index >= 15 is 0 Å². The molecular formula is C15H21N3O2. The highest BCUT2D eigenvalue weighted by Gasteiger charge is 2.50. The zero-order chi connectivity index (χ0) is 14.4. The standard InChI is InChI=1S/C15H21N3O2/c1-8(2)12-6-9(3)16-15(17-12)18-10-4-5-13(18)11(7-10)14(19)20/h6,8,10-11,13H,4-5,7H2,1-3H3,(H,19,20).